The highest BCUT2D eigenvalue weighted by atomic mass is 32.2. The molecule has 0 bridgehead atoms. The first-order chi connectivity index (χ1) is 9.83. The Morgan fingerprint density at radius 2 is 2.05 bits per heavy atom. The maximum atomic E-state index is 5.59. The van der Waals surface area contributed by atoms with E-state index in [0.29, 0.717) is 0 Å². The monoisotopic (exact) mass is 285 g/mol. The zero-order valence-corrected chi connectivity index (χ0v) is 12.7. The van der Waals surface area contributed by atoms with Crippen molar-refractivity contribution in [2.45, 2.75) is 17.4 Å². The van der Waals surface area contributed by atoms with Crippen molar-refractivity contribution >= 4 is 11.8 Å². The standard InChI is InChI=1S/C17H19NOS/c1-18-17(14-5-3-4-6-16(14)20-2)13-7-8-15-12(11-13)9-10-19-15/h3-8,11,17-18H,9-10H2,1-2H3. The average molecular weight is 285 g/mol. The van der Waals surface area contributed by atoms with Crippen molar-refractivity contribution in [1.29, 1.82) is 0 Å². The fourth-order valence-corrected chi connectivity index (χ4v) is 3.43. The van der Waals surface area contributed by atoms with Gasteiger partial charge in [-0.3, -0.25) is 0 Å². The fourth-order valence-electron chi connectivity index (χ4n) is 2.79. The van der Waals surface area contributed by atoms with Crippen molar-refractivity contribution in [3.8, 4) is 5.75 Å². The van der Waals surface area contributed by atoms with Crippen molar-refractivity contribution in [2.75, 3.05) is 19.9 Å². The minimum absolute atomic E-state index is 0.226. The van der Waals surface area contributed by atoms with Gasteiger partial charge in [0.2, 0.25) is 0 Å². The van der Waals surface area contributed by atoms with Crippen LogP contribution in [0, 0.1) is 0 Å². The molecule has 1 aliphatic heterocycles. The van der Waals surface area contributed by atoms with Crippen LogP contribution in [-0.4, -0.2) is 19.9 Å². The Morgan fingerprint density at radius 3 is 2.85 bits per heavy atom. The van der Waals surface area contributed by atoms with Gasteiger partial charge in [0, 0.05) is 11.3 Å². The highest BCUT2D eigenvalue weighted by Crippen LogP contribution is 2.33. The van der Waals surface area contributed by atoms with E-state index in [0.717, 1.165) is 18.8 Å². The summed E-state index contributed by atoms with van der Waals surface area (Å²) < 4.78 is 5.59. The van der Waals surface area contributed by atoms with E-state index in [1.807, 2.05) is 7.05 Å². The summed E-state index contributed by atoms with van der Waals surface area (Å²) in [6.07, 6.45) is 3.14. The van der Waals surface area contributed by atoms with Crippen LogP contribution in [0.2, 0.25) is 0 Å². The average Bonchev–Trinajstić information content (AvgIpc) is 2.96. The summed E-state index contributed by atoms with van der Waals surface area (Å²) in [5, 5.41) is 3.45. The number of hydrogen-bond acceptors (Lipinski definition) is 3. The quantitative estimate of drug-likeness (QED) is 0.866. The molecule has 3 heteroatoms. The van der Waals surface area contributed by atoms with Gasteiger partial charge in [0.1, 0.15) is 5.75 Å². The van der Waals surface area contributed by atoms with Crippen LogP contribution < -0.4 is 10.1 Å². The van der Waals surface area contributed by atoms with Crippen LogP contribution in [0.15, 0.2) is 47.4 Å². The van der Waals surface area contributed by atoms with Crippen molar-refractivity contribution < 1.29 is 4.74 Å². The third kappa shape index (κ3) is 2.43. The first kappa shape index (κ1) is 13.5. The second kappa shape index (κ2) is 5.90. The molecule has 2 nitrogen and oxygen atoms in total. The Labute approximate surface area is 124 Å². The second-order valence-corrected chi connectivity index (χ2v) is 5.78. The predicted molar refractivity (Wildman–Crippen MR) is 84.8 cm³/mol. The van der Waals surface area contributed by atoms with Crippen LogP contribution in [0.4, 0.5) is 0 Å². The van der Waals surface area contributed by atoms with Gasteiger partial charge in [-0.05, 0) is 42.1 Å². The molecule has 1 unspecified atom stereocenters. The Bertz CT molecular complexity index is 612. The van der Waals surface area contributed by atoms with Gasteiger partial charge < -0.3 is 10.1 Å². The second-order valence-electron chi connectivity index (χ2n) is 4.93. The maximum Gasteiger partial charge on any atom is 0.122 e. The van der Waals surface area contributed by atoms with Gasteiger partial charge in [-0.15, -0.1) is 11.8 Å². The lowest BCUT2D eigenvalue weighted by atomic mass is 9.96. The molecule has 104 valence electrons. The normalized spacial score (nSPS) is 14.7. The number of ether oxygens (including phenoxy) is 1. The molecular formula is C17H19NOS. The fraction of sp³-hybridized carbons (Fsp3) is 0.294. The van der Waals surface area contributed by atoms with Gasteiger partial charge in [0.05, 0.1) is 12.6 Å². The lowest BCUT2D eigenvalue weighted by Crippen LogP contribution is -2.18. The predicted octanol–water partition coefficient (Wildman–Crippen LogP) is 3.65. The Hall–Kier alpha value is -1.45. The van der Waals surface area contributed by atoms with Gasteiger partial charge in [0.25, 0.3) is 0 Å². The maximum absolute atomic E-state index is 5.59. The zero-order chi connectivity index (χ0) is 13.9. The first-order valence-electron chi connectivity index (χ1n) is 6.89. The molecule has 1 N–H and O–H groups in total. The van der Waals surface area contributed by atoms with Crippen molar-refractivity contribution in [3.05, 3.63) is 59.2 Å². The van der Waals surface area contributed by atoms with E-state index in [9.17, 15) is 0 Å². The lowest BCUT2D eigenvalue weighted by molar-refractivity contribution is 0.357. The number of hydrogen-bond donors (Lipinski definition) is 1. The molecule has 0 radical (unpaired) electrons. The van der Waals surface area contributed by atoms with E-state index in [1.165, 1.54) is 21.6 Å². The van der Waals surface area contributed by atoms with Crippen LogP contribution in [-0.2, 0) is 6.42 Å². The molecule has 0 saturated heterocycles. The van der Waals surface area contributed by atoms with Crippen molar-refractivity contribution in [3.63, 3.8) is 0 Å². The van der Waals surface area contributed by atoms with E-state index in [-0.39, 0.29) is 6.04 Å². The topological polar surface area (TPSA) is 21.3 Å². The highest BCUT2D eigenvalue weighted by molar-refractivity contribution is 7.98. The summed E-state index contributed by atoms with van der Waals surface area (Å²) >= 11 is 1.79. The smallest absolute Gasteiger partial charge is 0.122 e. The van der Waals surface area contributed by atoms with Crippen molar-refractivity contribution in [2.24, 2.45) is 0 Å². The molecule has 0 saturated carbocycles. The zero-order valence-electron chi connectivity index (χ0n) is 11.8. The Kier molecular flexibility index (Phi) is 3.99. The van der Waals surface area contributed by atoms with Gasteiger partial charge in [-0.25, -0.2) is 0 Å². The Morgan fingerprint density at radius 1 is 1.20 bits per heavy atom. The third-order valence-corrected chi connectivity index (χ3v) is 4.60. The molecule has 1 heterocycles. The van der Waals surface area contributed by atoms with E-state index >= 15 is 0 Å². The molecule has 0 amide bonds. The van der Waals surface area contributed by atoms with Gasteiger partial charge >= 0.3 is 0 Å². The summed E-state index contributed by atoms with van der Waals surface area (Å²) in [5.41, 5.74) is 3.96. The van der Waals surface area contributed by atoms with Crippen molar-refractivity contribution in [1.82, 2.24) is 5.32 Å². The molecule has 2 aromatic rings. The summed E-state index contributed by atoms with van der Waals surface area (Å²) in [6, 6.07) is 15.4. The lowest BCUT2D eigenvalue weighted by Gasteiger charge is -2.20. The van der Waals surface area contributed by atoms with E-state index < -0.39 is 0 Å². The minimum atomic E-state index is 0.226. The number of nitrogens with one attached hydrogen (secondary N) is 1. The third-order valence-electron chi connectivity index (χ3n) is 3.79. The summed E-state index contributed by atoms with van der Waals surface area (Å²) in [4.78, 5) is 1.32. The number of benzene rings is 2. The van der Waals surface area contributed by atoms with Crippen LogP contribution in [0.5, 0.6) is 5.75 Å². The van der Waals surface area contributed by atoms with Crippen LogP contribution >= 0.6 is 11.8 Å². The number of thioether (sulfide) groups is 1. The van der Waals surface area contributed by atoms with Gasteiger partial charge in [0.15, 0.2) is 0 Å². The summed E-state index contributed by atoms with van der Waals surface area (Å²) in [7, 11) is 2.02. The molecule has 3 rings (SSSR count). The number of rotatable bonds is 4. The first-order valence-corrected chi connectivity index (χ1v) is 8.11. The largest absolute Gasteiger partial charge is 0.493 e. The molecule has 0 aromatic heterocycles. The molecule has 0 fully saturated rings. The summed E-state index contributed by atoms with van der Waals surface area (Å²) in [6.45, 7) is 0.810. The van der Waals surface area contributed by atoms with E-state index in [4.69, 9.17) is 4.74 Å². The summed E-state index contributed by atoms with van der Waals surface area (Å²) in [5.74, 6) is 1.04. The SMILES string of the molecule is CNC(c1ccc2c(c1)CCO2)c1ccccc1SC. The molecule has 0 spiro atoms. The van der Waals surface area contributed by atoms with Crippen LogP contribution in [0.25, 0.3) is 0 Å². The highest BCUT2D eigenvalue weighted by Gasteiger charge is 2.18. The van der Waals surface area contributed by atoms with E-state index in [2.05, 4.69) is 54.0 Å². The molecule has 1 atom stereocenters. The molecular weight excluding hydrogens is 266 g/mol. The molecule has 0 aliphatic carbocycles. The van der Waals surface area contributed by atoms with Gasteiger partial charge in [-0.2, -0.15) is 0 Å². The van der Waals surface area contributed by atoms with E-state index in [1.54, 1.807) is 11.8 Å². The van der Waals surface area contributed by atoms with Crippen LogP contribution in [0.3, 0.4) is 0 Å². The van der Waals surface area contributed by atoms with Gasteiger partial charge in [-0.1, -0.05) is 30.3 Å². The molecule has 1 aliphatic rings. The minimum Gasteiger partial charge on any atom is -0.493 e. The molecule has 2 aromatic carbocycles. The Balaban J connectivity index is 2.01. The molecule has 20 heavy (non-hydrogen) atoms. The van der Waals surface area contributed by atoms with Crippen LogP contribution in [0.1, 0.15) is 22.7 Å². The number of fused-ring (bicyclic) bond motifs is 1.